The Balaban J connectivity index is 1.47. The topological polar surface area (TPSA) is 80.3 Å². The molecule has 2 N–H and O–H groups in total. The molecule has 2 aromatic rings. The molecule has 4 rings (SSSR count). The summed E-state index contributed by atoms with van der Waals surface area (Å²) in [6.45, 7) is 9.77. The Hall–Kier alpha value is -2.97. The molecule has 0 radical (unpaired) electrons. The van der Waals surface area contributed by atoms with Crippen molar-refractivity contribution in [1.29, 1.82) is 0 Å². The van der Waals surface area contributed by atoms with Gasteiger partial charge in [-0.15, -0.1) is 6.58 Å². The monoisotopic (exact) mass is 520 g/mol. The van der Waals surface area contributed by atoms with Gasteiger partial charge in [0.05, 0.1) is 18.8 Å². The zero-order valence-electron chi connectivity index (χ0n) is 22.1. The van der Waals surface area contributed by atoms with Crippen molar-refractivity contribution in [3.05, 3.63) is 96.1 Å². The van der Waals surface area contributed by atoms with Crippen molar-refractivity contribution < 1.29 is 24.1 Å². The summed E-state index contributed by atoms with van der Waals surface area (Å²) in [4.78, 5) is 14.2. The lowest BCUT2D eigenvalue weighted by Gasteiger charge is -2.39. The molecule has 0 bridgehead atoms. The Kier molecular flexibility index (Phi) is 10.5. The van der Waals surface area contributed by atoms with Gasteiger partial charge in [0, 0.05) is 37.7 Å². The highest BCUT2D eigenvalue weighted by Gasteiger charge is 2.34. The molecule has 1 aliphatic carbocycles. The van der Waals surface area contributed by atoms with Crippen LogP contribution in [0.25, 0.3) is 0 Å². The highest BCUT2D eigenvalue weighted by Crippen LogP contribution is 2.38. The van der Waals surface area contributed by atoms with Crippen LogP contribution in [0.5, 0.6) is 0 Å². The molecule has 0 unspecified atom stereocenters. The molecule has 7 nitrogen and oxygen atoms in total. The molecule has 0 spiro atoms. The van der Waals surface area contributed by atoms with Crippen LogP contribution in [0.1, 0.15) is 66.8 Å². The number of amides is 1. The summed E-state index contributed by atoms with van der Waals surface area (Å²) in [6.07, 6.45) is 8.17. The van der Waals surface area contributed by atoms with Gasteiger partial charge < -0.3 is 24.6 Å². The Morgan fingerprint density at radius 2 is 1.68 bits per heavy atom. The molecular formula is C31H40N2O5. The number of nitrogens with one attached hydrogen (secondary N) is 1. The first-order valence-corrected chi connectivity index (χ1v) is 13.6. The van der Waals surface area contributed by atoms with E-state index in [0.29, 0.717) is 12.6 Å². The van der Waals surface area contributed by atoms with Crippen molar-refractivity contribution in [3.63, 3.8) is 0 Å². The third kappa shape index (κ3) is 7.77. The Morgan fingerprint density at radius 1 is 1.00 bits per heavy atom. The second-order valence-corrected chi connectivity index (χ2v) is 10.0. The Labute approximate surface area is 226 Å². The van der Waals surface area contributed by atoms with Crippen molar-refractivity contribution in [1.82, 2.24) is 10.2 Å². The minimum atomic E-state index is -0.509. The second-order valence-electron chi connectivity index (χ2n) is 10.0. The first-order chi connectivity index (χ1) is 18.6. The predicted octanol–water partition coefficient (Wildman–Crippen LogP) is 5.57. The summed E-state index contributed by atoms with van der Waals surface area (Å²) < 4.78 is 18.0. The standard InChI is InChI=1S/C31H40N2O5/c1-3-17-33(27-7-5-6-8-27)21-28-19-29(25-13-11-24(22-34)12-14-25)38-30(37-28)26-15-9-23(10-16-26)20-32-31(35)36-18-4-2/h3-4,9-16,27-30,34H,1-2,5-8,17-22H2,(H,32,35)/t28-,29+,30+/m0/s1. The van der Waals surface area contributed by atoms with Crippen LogP contribution in [0.15, 0.2) is 73.8 Å². The van der Waals surface area contributed by atoms with Crippen LogP contribution in [-0.4, -0.2) is 47.9 Å². The lowest BCUT2D eigenvalue weighted by molar-refractivity contribution is -0.253. The fourth-order valence-corrected chi connectivity index (χ4v) is 5.25. The van der Waals surface area contributed by atoms with Gasteiger partial charge in [-0.3, -0.25) is 4.90 Å². The van der Waals surface area contributed by atoms with Gasteiger partial charge in [0.25, 0.3) is 0 Å². The third-order valence-electron chi connectivity index (χ3n) is 7.28. The van der Waals surface area contributed by atoms with Gasteiger partial charge in [-0.05, 0) is 29.5 Å². The smallest absolute Gasteiger partial charge is 0.407 e. The molecule has 2 aliphatic rings. The summed E-state index contributed by atoms with van der Waals surface area (Å²) in [5.74, 6) is 0. The molecule has 1 saturated heterocycles. The van der Waals surface area contributed by atoms with E-state index in [1.807, 2.05) is 54.6 Å². The highest BCUT2D eigenvalue weighted by molar-refractivity contribution is 5.67. The van der Waals surface area contributed by atoms with Crippen LogP contribution in [-0.2, 0) is 27.4 Å². The van der Waals surface area contributed by atoms with E-state index in [4.69, 9.17) is 14.2 Å². The zero-order valence-corrected chi connectivity index (χ0v) is 22.1. The minimum absolute atomic E-state index is 0.00204. The number of ether oxygens (including phenoxy) is 3. The van der Waals surface area contributed by atoms with Crippen molar-refractivity contribution in [2.24, 2.45) is 0 Å². The van der Waals surface area contributed by atoms with E-state index in [1.54, 1.807) is 0 Å². The molecule has 1 saturated carbocycles. The number of nitrogens with zero attached hydrogens (tertiary/aromatic N) is 1. The summed E-state index contributed by atoms with van der Waals surface area (Å²) in [5.41, 5.74) is 3.84. The van der Waals surface area contributed by atoms with E-state index < -0.39 is 12.4 Å². The van der Waals surface area contributed by atoms with Gasteiger partial charge in [-0.25, -0.2) is 4.79 Å². The molecule has 38 heavy (non-hydrogen) atoms. The number of carbonyl (C=O) groups is 1. The first-order valence-electron chi connectivity index (χ1n) is 13.6. The summed E-state index contributed by atoms with van der Waals surface area (Å²) in [7, 11) is 0. The fraction of sp³-hybridized carbons (Fsp3) is 0.452. The maximum absolute atomic E-state index is 11.7. The van der Waals surface area contributed by atoms with Gasteiger partial charge >= 0.3 is 6.09 Å². The van der Waals surface area contributed by atoms with Crippen LogP contribution in [0.4, 0.5) is 4.79 Å². The van der Waals surface area contributed by atoms with Gasteiger partial charge in [0.2, 0.25) is 0 Å². The van der Waals surface area contributed by atoms with Crippen LogP contribution in [0.2, 0.25) is 0 Å². The molecular weight excluding hydrogens is 480 g/mol. The molecule has 3 atom stereocenters. The van der Waals surface area contributed by atoms with Crippen molar-refractivity contribution in [3.8, 4) is 0 Å². The lowest BCUT2D eigenvalue weighted by Crippen LogP contribution is -2.43. The number of aliphatic hydroxyl groups is 1. The van der Waals surface area contributed by atoms with E-state index in [0.717, 1.165) is 41.8 Å². The Bertz CT molecular complexity index is 1030. The number of aliphatic hydroxyl groups excluding tert-OH is 1. The average molecular weight is 521 g/mol. The molecule has 0 aromatic heterocycles. The molecule has 7 heteroatoms. The predicted molar refractivity (Wildman–Crippen MR) is 147 cm³/mol. The largest absolute Gasteiger partial charge is 0.445 e. The van der Waals surface area contributed by atoms with Crippen molar-refractivity contribution in [2.45, 2.75) is 69.8 Å². The number of rotatable bonds is 12. The quantitative estimate of drug-likeness (QED) is 0.356. The number of hydrogen-bond donors (Lipinski definition) is 2. The molecule has 204 valence electrons. The van der Waals surface area contributed by atoms with Crippen LogP contribution < -0.4 is 5.32 Å². The number of benzene rings is 2. The second kappa shape index (κ2) is 14.3. The van der Waals surface area contributed by atoms with Crippen molar-refractivity contribution in [2.75, 3.05) is 19.7 Å². The Morgan fingerprint density at radius 3 is 2.34 bits per heavy atom. The maximum atomic E-state index is 11.7. The van der Waals surface area contributed by atoms with E-state index in [9.17, 15) is 9.90 Å². The average Bonchev–Trinajstić information content (AvgIpc) is 3.50. The molecule has 1 amide bonds. The third-order valence-corrected chi connectivity index (χ3v) is 7.28. The van der Waals surface area contributed by atoms with Gasteiger partial charge in [0.1, 0.15) is 6.61 Å². The van der Waals surface area contributed by atoms with E-state index in [1.165, 1.54) is 31.8 Å². The zero-order chi connectivity index (χ0) is 26.7. The number of alkyl carbamates (subject to hydrolysis) is 1. The minimum Gasteiger partial charge on any atom is -0.445 e. The first kappa shape index (κ1) is 28.0. The molecule has 2 fully saturated rings. The fourth-order valence-electron chi connectivity index (χ4n) is 5.25. The normalized spacial score (nSPS) is 21.8. The summed E-state index contributed by atoms with van der Waals surface area (Å²) >= 11 is 0. The maximum Gasteiger partial charge on any atom is 0.407 e. The molecule has 2 aromatic carbocycles. The van der Waals surface area contributed by atoms with Gasteiger partial charge in [-0.1, -0.05) is 80.1 Å². The van der Waals surface area contributed by atoms with Gasteiger partial charge in [-0.2, -0.15) is 0 Å². The summed E-state index contributed by atoms with van der Waals surface area (Å²) in [6, 6.07) is 16.5. The number of carbonyl (C=O) groups excluding carboxylic acids is 1. The lowest BCUT2D eigenvalue weighted by atomic mass is 9.99. The molecule has 1 aliphatic heterocycles. The summed E-state index contributed by atoms with van der Waals surface area (Å²) in [5, 5.41) is 12.2. The molecule has 1 heterocycles. The van der Waals surface area contributed by atoms with E-state index >= 15 is 0 Å². The van der Waals surface area contributed by atoms with Gasteiger partial charge in [0.15, 0.2) is 6.29 Å². The van der Waals surface area contributed by atoms with Crippen LogP contribution >= 0.6 is 0 Å². The van der Waals surface area contributed by atoms with Crippen LogP contribution in [0, 0.1) is 0 Å². The highest BCUT2D eigenvalue weighted by atomic mass is 16.7. The van der Waals surface area contributed by atoms with Crippen molar-refractivity contribution >= 4 is 6.09 Å². The SMILES string of the molecule is C=CCOC(=O)NCc1ccc([C@@H]2O[C@H](CN(CC=C)C3CCCC3)C[C@H](c3ccc(CO)cc3)O2)cc1. The van der Waals surface area contributed by atoms with Crippen LogP contribution in [0.3, 0.4) is 0 Å². The number of hydrogen-bond acceptors (Lipinski definition) is 6. The van der Waals surface area contributed by atoms with E-state index in [2.05, 4.69) is 23.4 Å². The van der Waals surface area contributed by atoms with E-state index in [-0.39, 0.29) is 25.4 Å².